The van der Waals surface area contributed by atoms with Crippen molar-refractivity contribution in [3.05, 3.63) is 108 Å². The van der Waals surface area contributed by atoms with Crippen LogP contribution in [-0.4, -0.2) is 45.4 Å². The molecule has 7 heteroatoms. The molecule has 7 rings (SSSR count). The van der Waals surface area contributed by atoms with Gasteiger partial charge in [0.15, 0.2) is 0 Å². The van der Waals surface area contributed by atoms with Gasteiger partial charge in [-0.05, 0) is 104 Å². The second kappa shape index (κ2) is 14.2. The molecule has 6 aromatic rings. The Bertz CT molecular complexity index is 2100. The SMILES string of the molecule is CC(=O)CC(NC(=O)Nc1ccccc1C)c1ccc2c(c1)nc(-c1c3ccccc3cc3ccccc13)n2CCCN1CCCCC1C. The Hall–Kier alpha value is -5.01. The Morgan fingerprint density at radius 1 is 0.878 bits per heavy atom. The molecule has 2 heterocycles. The van der Waals surface area contributed by atoms with Gasteiger partial charge in [-0.15, -0.1) is 0 Å². The number of fused-ring (bicyclic) bond motifs is 3. The molecule has 49 heavy (non-hydrogen) atoms. The summed E-state index contributed by atoms with van der Waals surface area (Å²) >= 11 is 0. The van der Waals surface area contributed by atoms with Crippen LogP contribution in [0.15, 0.2) is 97.1 Å². The number of piperidine rings is 1. The van der Waals surface area contributed by atoms with Gasteiger partial charge in [0.1, 0.15) is 11.6 Å². The summed E-state index contributed by atoms with van der Waals surface area (Å²) in [6.07, 6.45) is 5.05. The number of aryl methyl sites for hydroxylation is 2. The van der Waals surface area contributed by atoms with Crippen LogP contribution in [0, 0.1) is 6.92 Å². The number of ketones is 1. The molecule has 0 radical (unpaired) electrons. The van der Waals surface area contributed by atoms with E-state index in [0.717, 1.165) is 65.3 Å². The monoisotopic (exact) mass is 651 g/mol. The Morgan fingerprint density at radius 3 is 2.31 bits per heavy atom. The molecular weight excluding hydrogens is 606 g/mol. The smallest absolute Gasteiger partial charge is 0.319 e. The number of hydrogen-bond acceptors (Lipinski definition) is 4. The molecule has 5 aromatic carbocycles. The fourth-order valence-corrected chi connectivity index (χ4v) is 7.53. The van der Waals surface area contributed by atoms with Gasteiger partial charge in [0.05, 0.1) is 17.1 Å². The number of rotatable bonds is 10. The molecule has 7 nitrogen and oxygen atoms in total. The maximum Gasteiger partial charge on any atom is 0.319 e. The number of hydrogen-bond donors (Lipinski definition) is 2. The van der Waals surface area contributed by atoms with Gasteiger partial charge in [0.25, 0.3) is 0 Å². The van der Waals surface area contributed by atoms with Crippen LogP contribution in [0.4, 0.5) is 10.5 Å². The van der Waals surface area contributed by atoms with Crippen LogP contribution in [0.3, 0.4) is 0 Å². The molecule has 0 bridgehead atoms. The van der Waals surface area contributed by atoms with Gasteiger partial charge in [-0.2, -0.15) is 0 Å². The van der Waals surface area contributed by atoms with E-state index in [-0.39, 0.29) is 18.2 Å². The zero-order valence-electron chi connectivity index (χ0n) is 28.7. The third-order valence-corrected chi connectivity index (χ3v) is 10.1. The average molecular weight is 652 g/mol. The summed E-state index contributed by atoms with van der Waals surface area (Å²) in [5.74, 6) is 0.946. The van der Waals surface area contributed by atoms with Crippen molar-refractivity contribution >= 4 is 50.1 Å². The first-order valence-corrected chi connectivity index (χ1v) is 17.6. The summed E-state index contributed by atoms with van der Waals surface area (Å²) in [6, 6.07) is 33.0. The largest absolute Gasteiger partial charge is 0.331 e. The summed E-state index contributed by atoms with van der Waals surface area (Å²) in [4.78, 5) is 33.7. The number of anilines is 1. The average Bonchev–Trinajstić information content (AvgIpc) is 3.45. The first-order chi connectivity index (χ1) is 23.9. The number of imidazole rings is 1. The number of carbonyl (C=O) groups excluding carboxylic acids is 2. The first-order valence-electron chi connectivity index (χ1n) is 17.6. The van der Waals surface area contributed by atoms with Gasteiger partial charge >= 0.3 is 6.03 Å². The number of nitrogens with zero attached hydrogens (tertiary/aromatic N) is 3. The molecule has 1 aliphatic rings. The molecule has 250 valence electrons. The zero-order chi connectivity index (χ0) is 33.9. The summed E-state index contributed by atoms with van der Waals surface area (Å²) in [6.45, 7) is 8.92. The highest BCUT2D eigenvalue weighted by molar-refractivity contribution is 6.12. The van der Waals surface area contributed by atoms with E-state index in [9.17, 15) is 9.59 Å². The van der Waals surface area contributed by atoms with Gasteiger partial charge in [-0.3, -0.25) is 4.79 Å². The molecule has 2 N–H and O–H groups in total. The standard InChI is InChI=1S/C42H45N5O2/c1-28-13-4-9-19-36(28)44-42(49)45-37(25-30(3)48)33-20-21-39-38(27-33)43-41(47(39)24-12-23-46-22-11-10-14-29(46)2)40-34-17-7-5-15-31(34)26-32-16-6-8-18-35(32)40/h4-9,13,15-21,26-27,29,37H,10-12,14,22-25H2,1-3H3,(H2,44,45,49). The van der Waals surface area contributed by atoms with Crippen molar-refractivity contribution in [1.82, 2.24) is 19.8 Å². The molecule has 1 aliphatic heterocycles. The minimum atomic E-state index is -0.501. The molecule has 1 saturated heterocycles. The van der Waals surface area contributed by atoms with E-state index >= 15 is 0 Å². The Kier molecular flexibility index (Phi) is 9.45. The molecule has 0 saturated carbocycles. The van der Waals surface area contributed by atoms with Gasteiger partial charge in [-0.25, -0.2) is 9.78 Å². The lowest BCUT2D eigenvalue weighted by atomic mass is 9.96. The van der Waals surface area contributed by atoms with E-state index in [1.54, 1.807) is 6.92 Å². The summed E-state index contributed by atoms with van der Waals surface area (Å²) < 4.78 is 2.39. The Labute approximate surface area is 288 Å². The van der Waals surface area contributed by atoms with E-state index in [4.69, 9.17) is 4.98 Å². The van der Waals surface area contributed by atoms with E-state index < -0.39 is 6.04 Å². The molecule has 1 aromatic heterocycles. The minimum Gasteiger partial charge on any atom is -0.331 e. The third kappa shape index (κ3) is 6.94. The molecule has 2 amide bonds. The normalized spacial score (nSPS) is 15.9. The predicted molar refractivity (Wildman–Crippen MR) is 201 cm³/mol. The highest BCUT2D eigenvalue weighted by Gasteiger charge is 2.23. The fourth-order valence-electron chi connectivity index (χ4n) is 7.53. The van der Waals surface area contributed by atoms with Crippen molar-refractivity contribution in [1.29, 1.82) is 0 Å². The molecule has 0 spiro atoms. The van der Waals surface area contributed by atoms with Crippen molar-refractivity contribution in [2.75, 3.05) is 18.4 Å². The van der Waals surface area contributed by atoms with Gasteiger partial charge in [-0.1, -0.05) is 79.2 Å². The number of aromatic nitrogens is 2. The highest BCUT2D eigenvalue weighted by Crippen LogP contribution is 2.38. The van der Waals surface area contributed by atoms with Gasteiger partial charge < -0.3 is 20.1 Å². The number of likely N-dealkylation sites (tertiary alicyclic amines) is 1. The van der Waals surface area contributed by atoms with E-state index in [2.05, 4.69) is 93.8 Å². The quantitative estimate of drug-likeness (QED) is 0.145. The lowest BCUT2D eigenvalue weighted by Gasteiger charge is -2.33. The van der Waals surface area contributed by atoms with Crippen LogP contribution in [0.1, 0.15) is 63.1 Å². The predicted octanol–water partition coefficient (Wildman–Crippen LogP) is 9.42. The van der Waals surface area contributed by atoms with E-state index in [0.29, 0.717) is 6.04 Å². The molecular formula is C42H45N5O2. The Balaban J connectivity index is 1.30. The van der Waals surface area contributed by atoms with Crippen LogP contribution >= 0.6 is 0 Å². The maximum absolute atomic E-state index is 13.2. The number of benzene rings is 5. The molecule has 2 unspecified atom stereocenters. The number of nitrogens with one attached hydrogen (secondary N) is 2. The highest BCUT2D eigenvalue weighted by atomic mass is 16.2. The van der Waals surface area contributed by atoms with E-state index in [1.807, 2.05) is 37.3 Å². The lowest BCUT2D eigenvalue weighted by Crippen LogP contribution is -2.38. The summed E-state index contributed by atoms with van der Waals surface area (Å²) in [5.41, 5.74) is 5.59. The van der Waals surface area contributed by atoms with Gasteiger partial charge in [0.2, 0.25) is 0 Å². The minimum absolute atomic E-state index is 0.00155. The van der Waals surface area contributed by atoms with Crippen molar-refractivity contribution < 1.29 is 9.59 Å². The number of Topliss-reactive ketones (excluding diaryl/α,β-unsaturated/α-hetero) is 1. The summed E-state index contributed by atoms with van der Waals surface area (Å²) in [5, 5.41) is 10.7. The lowest BCUT2D eigenvalue weighted by molar-refractivity contribution is -0.117. The molecule has 0 aliphatic carbocycles. The summed E-state index contributed by atoms with van der Waals surface area (Å²) in [7, 11) is 0. The third-order valence-electron chi connectivity index (χ3n) is 10.1. The first kappa shape index (κ1) is 32.5. The van der Waals surface area contributed by atoms with Crippen LogP contribution in [0.2, 0.25) is 0 Å². The zero-order valence-corrected chi connectivity index (χ0v) is 28.7. The van der Waals surface area contributed by atoms with Crippen molar-refractivity contribution in [3.8, 4) is 11.4 Å². The maximum atomic E-state index is 13.2. The molecule has 1 fully saturated rings. The number of urea groups is 1. The topological polar surface area (TPSA) is 79.3 Å². The second-order valence-corrected chi connectivity index (χ2v) is 13.6. The van der Waals surface area contributed by atoms with Crippen molar-refractivity contribution in [2.45, 2.75) is 71.5 Å². The van der Waals surface area contributed by atoms with Crippen molar-refractivity contribution in [2.24, 2.45) is 0 Å². The van der Waals surface area contributed by atoms with Crippen LogP contribution in [-0.2, 0) is 11.3 Å². The fraction of sp³-hybridized carbons (Fsp3) is 0.310. The number of carbonyl (C=O) groups is 2. The second-order valence-electron chi connectivity index (χ2n) is 13.6. The van der Waals surface area contributed by atoms with E-state index in [1.165, 1.54) is 40.8 Å². The van der Waals surface area contributed by atoms with Crippen LogP contribution < -0.4 is 10.6 Å². The number of amides is 2. The number of para-hydroxylation sites is 1. The molecule has 2 atom stereocenters. The van der Waals surface area contributed by atoms with Crippen LogP contribution in [0.5, 0.6) is 0 Å². The van der Waals surface area contributed by atoms with Gasteiger partial charge in [0, 0.05) is 36.8 Å². The van der Waals surface area contributed by atoms with Crippen LogP contribution in [0.25, 0.3) is 44.0 Å². The van der Waals surface area contributed by atoms with Crippen molar-refractivity contribution in [3.63, 3.8) is 0 Å². The Morgan fingerprint density at radius 2 is 1.59 bits per heavy atom.